The Morgan fingerprint density at radius 3 is 1.58 bits per heavy atom. The predicted molar refractivity (Wildman–Crippen MR) is 255 cm³/mol. The van der Waals surface area contributed by atoms with Crippen molar-refractivity contribution in [3.63, 3.8) is 0 Å². The van der Waals surface area contributed by atoms with Gasteiger partial charge in [0.15, 0.2) is 5.58 Å². The quantitative estimate of drug-likeness (QED) is 0.157. The summed E-state index contributed by atoms with van der Waals surface area (Å²) in [4.78, 5) is 2.40. The SMILES string of the molecule is c1ccc(-c2c(-c3ccccc3)c3cc(N(c4cccc(-c5cccc6ccccc56)c4)c4cccc5c4oc4c6ccccc6ccc54)ccc3c3ccccc23)cc1. The molecule has 2 heteroatoms. The fourth-order valence-corrected chi connectivity index (χ4v) is 9.53. The van der Waals surface area contributed by atoms with Gasteiger partial charge < -0.3 is 9.32 Å². The summed E-state index contributed by atoms with van der Waals surface area (Å²) >= 11 is 0. The van der Waals surface area contributed by atoms with Crippen LogP contribution in [-0.2, 0) is 0 Å². The van der Waals surface area contributed by atoms with Gasteiger partial charge in [0.1, 0.15) is 5.58 Å². The number of fused-ring (bicyclic) bond motifs is 9. The number of anilines is 3. The zero-order valence-corrected chi connectivity index (χ0v) is 32.7. The van der Waals surface area contributed by atoms with E-state index in [4.69, 9.17) is 4.42 Å². The molecule has 60 heavy (non-hydrogen) atoms. The molecule has 0 aliphatic heterocycles. The highest BCUT2D eigenvalue weighted by Gasteiger charge is 2.23. The van der Waals surface area contributed by atoms with Gasteiger partial charge in [-0.1, -0.05) is 188 Å². The fraction of sp³-hybridized carbons (Fsp3) is 0. The molecule has 0 bridgehead atoms. The molecule has 0 fully saturated rings. The van der Waals surface area contributed by atoms with E-state index in [0.717, 1.165) is 55.3 Å². The lowest BCUT2D eigenvalue weighted by Gasteiger charge is -2.27. The Bertz CT molecular complexity index is 3600. The van der Waals surface area contributed by atoms with Crippen molar-refractivity contribution in [1.29, 1.82) is 0 Å². The van der Waals surface area contributed by atoms with Crippen molar-refractivity contribution in [3.8, 4) is 33.4 Å². The predicted octanol–water partition coefficient (Wildman–Crippen LogP) is 16.7. The summed E-state index contributed by atoms with van der Waals surface area (Å²) in [5, 5.41) is 11.8. The Labute approximate surface area is 347 Å². The van der Waals surface area contributed by atoms with E-state index in [1.165, 1.54) is 60.1 Å². The second-order valence-corrected chi connectivity index (χ2v) is 15.6. The zero-order chi connectivity index (χ0) is 39.6. The molecule has 0 radical (unpaired) electrons. The van der Waals surface area contributed by atoms with Crippen LogP contribution in [0.15, 0.2) is 229 Å². The van der Waals surface area contributed by atoms with Crippen LogP contribution in [0.3, 0.4) is 0 Å². The molecule has 0 atom stereocenters. The first kappa shape index (κ1) is 34.1. The Morgan fingerprint density at radius 2 is 0.800 bits per heavy atom. The van der Waals surface area contributed by atoms with E-state index >= 15 is 0 Å². The van der Waals surface area contributed by atoms with Crippen molar-refractivity contribution in [2.45, 2.75) is 0 Å². The minimum Gasteiger partial charge on any atom is -0.453 e. The number of furan rings is 1. The van der Waals surface area contributed by atoms with Crippen molar-refractivity contribution < 1.29 is 4.42 Å². The van der Waals surface area contributed by atoms with Crippen molar-refractivity contribution in [2.24, 2.45) is 0 Å². The first-order chi connectivity index (χ1) is 29.8. The van der Waals surface area contributed by atoms with E-state index < -0.39 is 0 Å². The van der Waals surface area contributed by atoms with Crippen LogP contribution in [0.4, 0.5) is 17.1 Å². The molecule has 2 nitrogen and oxygen atoms in total. The minimum atomic E-state index is 0.853. The van der Waals surface area contributed by atoms with Gasteiger partial charge >= 0.3 is 0 Å². The lowest BCUT2D eigenvalue weighted by Crippen LogP contribution is -2.10. The molecule has 1 aromatic heterocycles. The highest BCUT2D eigenvalue weighted by Crippen LogP contribution is 2.49. The summed E-state index contributed by atoms with van der Waals surface area (Å²) in [6, 6.07) is 81.2. The molecule has 0 saturated heterocycles. The number of rotatable bonds is 6. The van der Waals surface area contributed by atoms with Gasteiger partial charge in [-0.2, -0.15) is 0 Å². The number of hydrogen-bond acceptors (Lipinski definition) is 2. The van der Waals surface area contributed by atoms with E-state index in [9.17, 15) is 0 Å². The minimum absolute atomic E-state index is 0.853. The molecule has 12 rings (SSSR count). The summed E-state index contributed by atoms with van der Waals surface area (Å²) in [5.41, 5.74) is 12.0. The Balaban J connectivity index is 1.18. The van der Waals surface area contributed by atoms with Gasteiger partial charge in [0.2, 0.25) is 0 Å². The highest BCUT2D eigenvalue weighted by molar-refractivity contribution is 6.23. The molecular weight excluding hydrogens is 727 g/mol. The lowest BCUT2D eigenvalue weighted by atomic mass is 9.85. The number of benzene rings is 11. The Hall–Kier alpha value is -7.94. The summed E-state index contributed by atoms with van der Waals surface area (Å²) in [5.74, 6) is 0. The van der Waals surface area contributed by atoms with Crippen LogP contribution in [0, 0.1) is 0 Å². The molecule has 1 heterocycles. The molecule has 12 aromatic rings. The van der Waals surface area contributed by atoms with Gasteiger partial charge in [0.05, 0.1) is 5.69 Å². The average Bonchev–Trinajstić information content (AvgIpc) is 3.72. The van der Waals surface area contributed by atoms with Crippen molar-refractivity contribution in [3.05, 3.63) is 224 Å². The van der Waals surface area contributed by atoms with E-state index in [2.05, 4.69) is 229 Å². The van der Waals surface area contributed by atoms with Gasteiger partial charge in [-0.15, -0.1) is 0 Å². The van der Waals surface area contributed by atoms with Crippen LogP contribution in [0.2, 0.25) is 0 Å². The van der Waals surface area contributed by atoms with Gasteiger partial charge in [0.25, 0.3) is 0 Å². The average molecular weight is 764 g/mol. The van der Waals surface area contributed by atoms with E-state index in [1.807, 2.05) is 0 Å². The molecule has 0 spiro atoms. The summed E-state index contributed by atoms with van der Waals surface area (Å²) in [6.45, 7) is 0. The Kier molecular flexibility index (Phi) is 7.89. The topological polar surface area (TPSA) is 16.4 Å². The lowest BCUT2D eigenvalue weighted by molar-refractivity contribution is 0.673. The first-order valence-electron chi connectivity index (χ1n) is 20.6. The highest BCUT2D eigenvalue weighted by atomic mass is 16.3. The van der Waals surface area contributed by atoms with Gasteiger partial charge in [-0.25, -0.2) is 0 Å². The van der Waals surface area contributed by atoms with E-state index in [-0.39, 0.29) is 0 Å². The van der Waals surface area contributed by atoms with Crippen molar-refractivity contribution in [2.75, 3.05) is 4.90 Å². The normalized spacial score (nSPS) is 11.7. The van der Waals surface area contributed by atoms with Gasteiger partial charge in [-0.05, 0) is 107 Å². The largest absolute Gasteiger partial charge is 0.453 e. The monoisotopic (exact) mass is 763 g/mol. The molecule has 11 aromatic carbocycles. The van der Waals surface area contributed by atoms with Crippen LogP contribution in [0.25, 0.3) is 98.4 Å². The van der Waals surface area contributed by atoms with Crippen molar-refractivity contribution >= 4 is 82.1 Å². The number of nitrogens with zero attached hydrogens (tertiary/aromatic N) is 1. The molecule has 0 saturated carbocycles. The summed E-state index contributed by atoms with van der Waals surface area (Å²) < 4.78 is 7.07. The molecule has 0 amide bonds. The van der Waals surface area contributed by atoms with E-state index in [1.54, 1.807) is 0 Å². The molecular formula is C58H37NO. The number of hydrogen-bond donors (Lipinski definition) is 0. The second kappa shape index (κ2) is 13.9. The maximum atomic E-state index is 7.07. The molecule has 0 N–H and O–H groups in total. The zero-order valence-electron chi connectivity index (χ0n) is 32.7. The second-order valence-electron chi connectivity index (χ2n) is 15.6. The first-order valence-corrected chi connectivity index (χ1v) is 20.6. The van der Waals surface area contributed by atoms with Crippen LogP contribution in [0.5, 0.6) is 0 Å². The Morgan fingerprint density at radius 1 is 0.283 bits per heavy atom. The molecule has 0 aliphatic rings. The van der Waals surface area contributed by atoms with Crippen LogP contribution in [-0.4, -0.2) is 0 Å². The van der Waals surface area contributed by atoms with Crippen LogP contribution >= 0.6 is 0 Å². The third kappa shape index (κ3) is 5.42. The van der Waals surface area contributed by atoms with Crippen molar-refractivity contribution in [1.82, 2.24) is 0 Å². The molecule has 280 valence electrons. The molecule has 0 aliphatic carbocycles. The van der Waals surface area contributed by atoms with Gasteiger partial charge in [0, 0.05) is 27.5 Å². The standard InChI is InChI=1S/C58H37NO/c1-3-18-40(19-4-1)55-50-28-12-11-27-48(50)49-35-33-44(37-53(49)56(55)41-20-5-2-6-21-41)59(43-24-13-23-42(36-43)46-29-14-22-38-16-7-9-25-45(38)46)54-31-15-30-51-52-34-32-39-17-8-10-26-47(39)57(52)60-58(51)54/h1-37H. The maximum absolute atomic E-state index is 7.07. The third-order valence-electron chi connectivity index (χ3n) is 12.2. The smallest absolute Gasteiger partial charge is 0.159 e. The van der Waals surface area contributed by atoms with Crippen LogP contribution < -0.4 is 4.90 Å². The van der Waals surface area contributed by atoms with Gasteiger partial charge in [-0.3, -0.25) is 0 Å². The third-order valence-corrected chi connectivity index (χ3v) is 12.2. The van der Waals surface area contributed by atoms with Crippen LogP contribution in [0.1, 0.15) is 0 Å². The van der Waals surface area contributed by atoms with E-state index in [0.29, 0.717) is 0 Å². The fourth-order valence-electron chi connectivity index (χ4n) is 9.53. The summed E-state index contributed by atoms with van der Waals surface area (Å²) in [6.07, 6.45) is 0. The maximum Gasteiger partial charge on any atom is 0.159 e. The summed E-state index contributed by atoms with van der Waals surface area (Å²) in [7, 11) is 0. The number of para-hydroxylation sites is 1. The molecule has 0 unspecified atom stereocenters.